The average molecular weight is 343 g/mol. The summed E-state index contributed by atoms with van der Waals surface area (Å²) in [5.74, 6) is 1.55. The van der Waals surface area contributed by atoms with E-state index in [1.807, 2.05) is 38.1 Å². The SMILES string of the molecule is Cc1cc(C)nc([C@H]2CN(Cc3cccc(OCCO)c3)CCO2)n1. The number of benzene rings is 1. The molecule has 1 aromatic heterocycles. The molecule has 2 aromatic rings. The zero-order valence-electron chi connectivity index (χ0n) is 14.8. The Morgan fingerprint density at radius 2 is 2.04 bits per heavy atom. The maximum absolute atomic E-state index is 8.88. The van der Waals surface area contributed by atoms with Crippen molar-refractivity contribution >= 4 is 0 Å². The monoisotopic (exact) mass is 343 g/mol. The third-order valence-corrected chi connectivity index (χ3v) is 4.10. The second-order valence-corrected chi connectivity index (χ2v) is 6.32. The van der Waals surface area contributed by atoms with Crippen LogP contribution in [0.2, 0.25) is 0 Å². The molecule has 2 heterocycles. The van der Waals surface area contributed by atoms with Crippen LogP contribution in [0.4, 0.5) is 0 Å². The van der Waals surface area contributed by atoms with Crippen LogP contribution in [0.3, 0.4) is 0 Å². The molecule has 0 unspecified atom stereocenters. The number of aliphatic hydroxyl groups is 1. The Kier molecular flexibility index (Phi) is 5.96. The molecule has 1 fully saturated rings. The van der Waals surface area contributed by atoms with Gasteiger partial charge in [-0.15, -0.1) is 0 Å². The van der Waals surface area contributed by atoms with E-state index in [9.17, 15) is 0 Å². The Morgan fingerprint density at radius 3 is 2.80 bits per heavy atom. The van der Waals surface area contributed by atoms with Crippen molar-refractivity contribution in [1.29, 1.82) is 0 Å². The summed E-state index contributed by atoms with van der Waals surface area (Å²) in [4.78, 5) is 11.4. The molecule has 25 heavy (non-hydrogen) atoms. The highest BCUT2D eigenvalue weighted by Gasteiger charge is 2.24. The van der Waals surface area contributed by atoms with Gasteiger partial charge in [0.05, 0.1) is 13.2 Å². The molecule has 1 atom stereocenters. The summed E-state index contributed by atoms with van der Waals surface area (Å²) < 4.78 is 11.4. The average Bonchev–Trinajstić information content (AvgIpc) is 2.60. The first kappa shape index (κ1) is 17.8. The van der Waals surface area contributed by atoms with Crippen LogP contribution in [0.1, 0.15) is 28.9 Å². The second-order valence-electron chi connectivity index (χ2n) is 6.32. The minimum Gasteiger partial charge on any atom is -0.491 e. The van der Waals surface area contributed by atoms with E-state index < -0.39 is 0 Å². The van der Waals surface area contributed by atoms with Gasteiger partial charge in [0.15, 0.2) is 5.82 Å². The normalized spacial score (nSPS) is 18.3. The molecule has 1 aliphatic heterocycles. The van der Waals surface area contributed by atoms with E-state index in [1.165, 1.54) is 5.56 Å². The van der Waals surface area contributed by atoms with Crippen LogP contribution < -0.4 is 4.74 Å². The van der Waals surface area contributed by atoms with E-state index in [0.29, 0.717) is 13.2 Å². The lowest BCUT2D eigenvalue weighted by Gasteiger charge is -2.32. The highest BCUT2D eigenvalue weighted by Crippen LogP contribution is 2.22. The summed E-state index contributed by atoms with van der Waals surface area (Å²) in [7, 11) is 0. The predicted molar refractivity (Wildman–Crippen MR) is 94.5 cm³/mol. The maximum Gasteiger partial charge on any atom is 0.158 e. The summed E-state index contributed by atoms with van der Waals surface area (Å²) in [5, 5.41) is 8.88. The minimum absolute atomic E-state index is 0.0191. The van der Waals surface area contributed by atoms with E-state index in [4.69, 9.17) is 14.6 Å². The highest BCUT2D eigenvalue weighted by atomic mass is 16.5. The number of hydrogen-bond donors (Lipinski definition) is 1. The molecular formula is C19H25N3O3. The molecule has 1 N–H and O–H groups in total. The van der Waals surface area contributed by atoms with Crippen LogP contribution >= 0.6 is 0 Å². The number of ether oxygens (including phenoxy) is 2. The molecule has 1 saturated heterocycles. The van der Waals surface area contributed by atoms with Gasteiger partial charge in [-0.05, 0) is 37.6 Å². The number of rotatable bonds is 6. The third-order valence-electron chi connectivity index (χ3n) is 4.10. The van der Waals surface area contributed by atoms with Crippen molar-refractivity contribution in [2.75, 3.05) is 32.9 Å². The van der Waals surface area contributed by atoms with Crippen LogP contribution in [0.5, 0.6) is 5.75 Å². The number of aryl methyl sites for hydroxylation is 2. The standard InChI is InChI=1S/C19H25N3O3/c1-14-10-15(2)21-19(20-14)18-13-22(6-8-25-18)12-16-4-3-5-17(11-16)24-9-7-23/h3-5,10-11,18,23H,6-9,12-13H2,1-2H3/t18-/m1/s1. The van der Waals surface area contributed by atoms with Crippen molar-refractivity contribution in [1.82, 2.24) is 14.9 Å². The van der Waals surface area contributed by atoms with Crippen LogP contribution in [-0.4, -0.2) is 52.9 Å². The van der Waals surface area contributed by atoms with Gasteiger partial charge in [-0.1, -0.05) is 12.1 Å². The molecular weight excluding hydrogens is 318 g/mol. The molecule has 6 heteroatoms. The van der Waals surface area contributed by atoms with Gasteiger partial charge < -0.3 is 14.6 Å². The molecule has 134 valence electrons. The number of hydrogen-bond acceptors (Lipinski definition) is 6. The van der Waals surface area contributed by atoms with E-state index in [0.717, 1.165) is 42.6 Å². The van der Waals surface area contributed by atoms with Gasteiger partial charge in [0.2, 0.25) is 0 Å². The molecule has 0 radical (unpaired) electrons. The third kappa shape index (κ3) is 4.98. The number of morpholine rings is 1. The lowest BCUT2D eigenvalue weighted by molar-refractivity contribution is -0.0373. The first-order valence-corrected chi connectivity index (χ1v) is 8.63. The van der Waals surface area contributed by atoms with Crippen molar-refractivity contribution in [2.24, 2.45) is 0 Å². The molecule has 6 nitrogen and oxygen atoms in total. The van der Waals surface area contributed by atoms with E-state index >= 15 is 0 Å². The van der Waals surface area contributed by atoms with Crippen molar-refractivity contribution in [3.05, 3.63) is 53.1 Å². The first-order valence-electron chi connectivity index (χ1n) is 8.63. The number of nitrogens with zero attached hydrogens (tertiary/aromatic N) is 3. The molecule has 3 rings (SSSR count). The zero-order chi connectivity index (χ0) is 17.6. The Balaban J connectivity index is 1.65. The summed E-state index contributed by atoms with van der Waals surface area (Å²) in [6, 6.07) is 9.97. The van der Waals surface area contributed by atoms with Gasteiger partial charge in [0.25, 0.3) is 0 Å². The van der Waals surface area contributed by atoms with Crippen molar-refractivity contribution in [3.8, 4) is 5.75 Å². The highest BCUT2D eigenvalue weighted by molar-refractivity contribution is 5.28. The summed E-state index contributed by atoms with van der Waals surface area (Å²) in [6.07, 6.45) is -0.0961. The molecule has 0 bridgehead atoms. The van der Waals surface area contributed by atoms with Gasteiger partial charge in [0.1, 0.15) is 18.5 Å². The van der Waals surface area contributed by atoms with Gasteiger partial charge in [0, 0.05) is 31.0 Å². The molecule has 0 aliphatic carbocycles. The van der Waals surface area contributed by atoms with Gasteiger partial charge in [-0.25, -0.2) is 9.97 Å². The molecule has 0 amide bonds. The van der Waals surface area contributed by atoms with Gasteiger partial charge in [-0.3, -0.25) is 4.90 Å². The van der Waals surface area contributed by atoms with Crippen LogP contribution in [0.25, 0.3) is 0 Å². The van der Waals surface area contributed by atoms with Crippen LogP contribution in [0, 0.1) is 13.8 Å². The lowest BCUT2D eigenvalue weighted by atomic mass is 10.1. The van der Waals surface area contributed by atoms with Crippen molar-refractivity contribution < 1.29 is 14.6 Å². The summed E-state index contributed by atoms with van der Waals surface area (Å²) >= 11 is 0. The Hall–Kier alpha value is -2.02. The predicted octanol–water partition coefficient (Wildman–Crippen LogP) is 2.04. The molecule has 0 spiro atoms. The van der Waals surface area contributed by atoms with Crippen LogP contribution in [-0.2, 0) is 11.3 Å². The second kappa shape index (κ2) is 8.38. The van der Waals surface area contributed by atoms with Crippen LogP contribution in [0.15, 0.2) is 30.3 Å². The fraction of sp³-hybridized carbons (Fsp3) is 0.474. The maximum atomic E-state index is 8.88. The van der Waals surface area contributed by atoms with Crippen molar-refractivity contribution in [3.63, 3.8) is 0 Å². The first-order chi connectivity index (χ1) is 12.1. The fourth-order valence-electron chi connectivity index (χ4n) is 3.05. The Labute approximate surface area is 148 Å². The summed E-state index contributed by atoms with van der Waals surface area (Å²) in [5.41, 5.74) is 3.12. The number of aromatic nitrogens is 2. The smallest absolute Gasteiger partial charge is 0.158 e. The Bertz CT molecular complexity index is 688. The molecule has 1 aromatic carbocycles. The van der Waals surface area contributed by atoms with E-state index in [-0.39, 0.29) is 12.7 Å². The largest absolute Gasteiger partial charge is 0.491 e. The lowest BCUT2D eigenvalue weighted by Crippen LogP contribution is -2.38. The van der Waals surface area contributed by atoms with Gasteiger partial charge >= 0.3 is 0 Å². The topological polar surface area (TPSA) is 67.7 Å². The number of aliphatic hydroxyl groups excluding tert-OH is 1. The Morgan fingerprint density at radius 1 is 1.24 bits per heavy atom. The molecule has 1 aliphatic rings. The van der Waals surface area contributed by atoms with E-state index in [2.05, 4.69) is 20.9 Å². The quantitative estimate of drug-likeness (QED) is 0.866. The molecule has 0 saturated carbocycles. The minimum atomic E-state index is -0.0961. The fourth-order valence-corrected chi connectivity index (χ4v) is 3.05. The summed E-state index contributed by atoms with van der Waals surface area (Å²) in [6.45, 7) is 7.43. The van der Waals surface area contributed by atoms with Gasteiger partial charge in [-0.2, -0.15) is 0 Å². The zero-order valence-corrected chi connectivity index (χ0v) is 14.8. The van der Waals surface area contributed by atoms with E-state index in [1.54, 1.807) is 0 Å². The van der Waals surface area contributed by atoms with Crippen molar-refractivity contribution in [2.45, 2.75) is 26.5 Å².